The van der Waals surface area contributed by atoms with Gasteiger partial charge in [0.05, 0.1) is 38.1 Å². The fraction of sp³-hybridized carbons (Fsp3) is 0.192. The Labute approximate surface area is 197 Å². The number of fused-ring (bicyclic) bond motifs is 1. The van der Waals surface area contributed by atoms with Crippen LogP contribution in [-0.2, 0) is 6.42 Å². The second-order valence-corrected chi connectivity index (χ2v) is 7.48. The van der Waals surface area contributed by atoms with Crippen LogP contribution < -0.4 is 19.6 Å². The number of hydrogen-bond acceptors (Lipinski definition) is 6. The van der Waals surface area contributed by atoms with Crippen molar-refractivity contribution in [3.8, 4) is 17.2 Å². The Morgan fingerprint density at radius 3 is 2.56 bits per heavy atom. The molecule has 0 atom stereocenters. The van der Waals surface area contributed by atoms with E-state index < -0.39 is 0 Å². The van der Waals surface area contributed by atoms with Crippen molar-refractivity contribution in [2.45, 2.75) is 13.3 Å². The smallest absolute Gasteiger partial charge is 0.271 e. The fourth-order valence-electron chi connectivity index (χ4n) is 3.52. The fourth-order valence-corrected chi connectivity index (χ4v) is 3.52. The van der Waals surface area contributed by atoms with Crippen molar-refractivity contribution in [1.82, 2.24) is 15.4 Å². The number of nitrogens with zero attached hydrogens (tertiary/aromatic N) is 2. The van der Waals surface area contributed by atoms with Gasteiger partial charge in [0.1, 0.15) is 11.6 Å². The summed E-state index contributed by atoms with van der Waals surface area (Å²) in [6, 6.07) is 18.5. The molecule has 0 aliphatic heterocycles. The number of aromatic nitrogens is 2. The molecule has 4 rings (SSSR count). The molecule has 0 bridgehead atoms. The zero-order chi connectivity index (χ0) is 23.9. The first-order valence-corrected chi connectivity index (χ1v) is 10.9. The maximum Gasteiger partial charge on any atom is 0.271 e. The highest BCUT2D eigenvalue weighted by Gasteiger charge is 2.11. The number of carbonyl (C=O) groups excluding carboxylic acids is 1. The summed E-state index contributed by atoms with van der Waals surface area (Å²) in [5.74, 6) is 2.62. The Balaban J connectivity index is 1.42. The first kappa shape index (κ1) is 22.8. The van der Waals surface area contributed by atoms with Crippen molar-refractivity contribution < 1.29 is 19.0 Å². The average Bonchev–Trinajstić information content (AvgIpc) is 3.26. The molecule has 0 aliphatic rings. The van der Waals surface area contributed by atoms with Gasteiger partial charge >= 0.3 is 0 Å². The minimum Gasteiger partial charge on any atom is -0.494 e. The maximum absolute atomic E-state index is 12.5. The Morgan fingerprint density at radius 1 is 1.03 bits per heavy atom. The number of amides is 1. The first-order valence-electron chi connectivity index (χ1n) is 10.9. The van der Waals surface area contributed by atoms with Crippen LogP contribution in [0.4, 0.5) is 0 Å². The van der Waals surface area contributed by atoms with Crippen LogP contribution in [0.3, 0.4) is 0 Å². The second-order valence-electron chi connectivity index (χ2n) is 7.48. The minimum atomic E-state index is -0.305. The third kappa shape index (κ3) is 5.35. The van der Waals surface area contributed by atoms with E-state index in [1.807, 2.05) is 55.5 Å². The number of ether oxygens (including phenoxy) is 3. The monoisotopic (exact) mass is 458 g/mol. The molecule has 1 aromatic heterocycles. The molecule has 0 fully saturated rings. The number of nitrogens with one attached hydrogen (secondary N) is 2. The van der Waals surface area contributed by atoms with E-state index in [9.17, 15) is 4.79 Å². The summed E-state index contributed by atoms with van der Waals surface area (Å²) < 4.78 is 16.1. The molecule has 0 radical (unpaired) electrons. The lowest BCUT2D eigenvalue weighted by molar-refractivity contribution is 0.0955. The summed E-state index contributed by atoms with van der Waals surface area (Å²) in [4.78, 5) is 20.5. The van der Waals surface area contributed by atoms with Gasteiger partial charge in [0.15, 0.2) is 11.5 Å². The van der Waals surface area contributed by atoms with Gasteiger partial charge in [-0.15, -0.1) is 0 Å². The predicted octanol–water partition coefficient (Wildman–Crippen LogP) is 4.33. The molecule has 0 saturated heterocycles. The first-order chi connectivity index (χ1) is 16.6. The van der Waals surface area contributed by atoms with Crippen molar-refractivity contribution in [3.05, 3.63) is 83.2 Å². The summed E-state index contributed by atoms with van der Waals surface area (Å²) >= 11 is 0. The maximum atomic E-state index is 12.5. The van der Waals surface area contributed by atoms with Crippen LogP contribution in [-0.4, -0.2) is 42.9 Å². The minimum absolute atomic E-state index is 0.305. The lowest BCUT2D eigenvalue weighted by atomic mass is 10.1. The lowest BCUT2D eigenvalue weighted by Crippen LogP contribution is -2.17. The van der Waals surface area contributed by atoms with E-state index >= 15 is 0 Å². The number of hydrazone groups is 1. The highest BCUT2D eigenvalue weighted by atomic mass is 16.5. The molecule has 0 aliphatic carbocycles. The molecular weight excluding hydrogens is 432 g/mol. The normalized spacial score (nSPS) is 11.0. The summed E-state index contributed by atoms with van der Waals surface area (Å²) in [6.07, 6.45) is 2.17. The Bertz CT molecular complexity index is 1310. The van der Waals surface area contributed by atoms with Crippen molar-refractivity contribution in [3.63, 3.8) is 0 Å². The van der Waals surface area contributed by atoms with E-state index in [1.165, 1.54) is 0 Å². The molecule has 174 valence electrons. The standard InChI is InChI=1S/C26H26N4O4/c1-4-34-20-9-5-17(6-10-20)16-27-30-26(31)19-8-11-21-22(15-19)29-25(28-21)14-18-7-12-23(32-2)24(13-18)33-3/h5-13,15-16H,4,14H2,1-3H3,(H,28,29)(H,30,31)/b27-16-. The Morgan fingerprint density at radius 2 is 1.82 bits per heavy atom. The van der Waals surface area contributed by atoms with E-state index in [2.05, 4.69) is 20.5 Å². The number of imidazole rings is 1. The number of benzene rings is 3. The topological polar surface area (TPSA) is 97.8 Å². The number of H-pyrrole nitrogens is 1. The number of carbonyl (C=O) groups is 1. The van der Waals surface area contributed by atoms with Gasteiger partial charge in [-0.05, 0) is 72.6 Å². The van der Waals surface area contributed by atoms with Gasteiger partial charge in [0.25, 0.3) is 5.91 Å². The summed E-state index contributed by atoms with van der Waals surface area (Å²) in [5, 5.41) is 4.05. The summed E-state index contributed by atoms with van der Waals surface area (Å²) in [6.45, 7) is 2.55. The van der Waals surface area contributed by atoms with Crippen LogP contribution in [0.1, 0.15) is 34.2 Å². The molecule has 1 amide bonds. The molecule has 8 nitrogen and oxygen atoms in total. The SMILES string of the molecule is CCOc1ccc(/C=N\NC(=O)c2ccc3nc(Cc4ccc(OC)c(OC)c4)[nH]c3c2)cc1. The molecule has 2 N–H and O–H groups in total. The van der Waals surface area contributed by atoms with E-state index in [1.54, 1.807) is 32.6 Å². The van der Waals surface area contributed by atoms with E-state index in [4.69, 9.17) is 14.2 Å². The molecule has 34 heavy (non-hydrogen) atoms. The Kier molecular flexibility index (Phi) is 7.07. The predicted molar refractivity (Wildman–Crippen MR) is 131 cm³/mol. The van der Waals surface area contributed by atoms with Crippen molar-refractivity contribution in [2.75, 3.05) is 20.8 Å². The van der Waals surface area contributed by atoms with Crippen LogP contribution in [0.15, 0.2) is 65.8 Å². The van der Waals surface area contributed by atoms with Crippen LogP contribution in [0.2, 0.25) is 0 Å². The van der Waals surface area contributed by atoms with Crippen LogP contribution in [0.5, 0.6) is 17.2 Å². The molecule has 4 aromatic rings. The average molecular weight is 459 g/mol. The molecule has 1 heterocycles. The molecule has 0 spiro atoms. The number of methoxy groups -OCH3 is 2. The molecule has 8 heteroatoms. The Hall–Kier alpha value is -4.33. The van der Waals surface area contributed by atoms with Gasteiger partial charge in [-0.1, -0.05) is 6.07 Å². The largest absolute Gasteiger partial charge is 0.494 e. The molecule has 3 aromatic carbocycles. The lowest BCUT2D eigenvalue weighted by Gasteiger charge is -2.08. The zero-order valence-electron chi connectivity index (χ0n) is 19.3. The van der Waals surface area contributed by atoms with Gasteiger partial charge < -0.3 is 19.2 Å². The third-order valence-electron chi connectivity index (χ3n) is 5.18. The zero-order valence-corrected chi connectivity index (χ0v) is 19.3. The van der Waals surface area contributed by atoms with Crippen molar-refractivity contribution in [1.29, 1.82) is 0 Å². The van der Waals surface area contributed by atoms with Gasteiger partial charge in [0, 0.05) is 12.0 Å². The summed E-state index contributed by atoms with van der Waals surface area (Å²) in [5.41, 5.74) is 6.48. The van der Waals surface area contributed by atoms with Gasteiger partial charge in [0.2, 0.25) is 0 Å². The molecule has 0 unspecified atom stereocenters. The van der Waals surface area contributed by atoms with E-state index in [0.717, 1.165) is 33.7 Å². The van der Waals surface area contributed by atoms with Crippen molar-refractivity contribution in [2.24, 2.45) is 5.10 Å². The quantitative estimate of drug-likeness (QED) is 0.287. The van der Waals surface area contributed by atoms with Gasteiger partial charge in [-0.3, -0.25) is 4.79 Å². The summed E-state index contributed by atoms with van der Waals surface area (Å²) in [7, 11) is 3.22. The van der Waals surface area contributed by atoms with E-state index in [-0.39, 0.29) is 5.91 Å². The van der Waals surface area contributed by atoms with E-state index in [0.29, 0.717) is 30.1 Å². The molecule has 0 saturated carbocycles. The highest BCUT2D eigenvalue weighted by molar-refractivity contribution is 5.97. The molecular formula is C26H26N4O4. The second kappa shape index (κ2) is 10.5. The van der Waals surface area contributed by atoms with Crippen LogP contribution in [0, 0.1) is 0 Å². The number of rotatable bonds is 9. The van der Waals surface area contributed by atoms with Gasteiger partial charge in [-0.25, -0.2) is 10.4 Å². The highest BCUT2D eigenvalue weighted by Crippen LogP contribution is 2.28. The van der Waals surface area contributed by atoms with Crippen LogP contribution in [0.25, 0.3) is 11.0 Å². The van der Waals surface area contributed by atoms with Gasteiger partial charge in [-0.2, -0.15) is 5.10 Å². The number of hydrogen-bond donors (Lipinski definition) is 2. The number of aromatic amines is 1. The third-order valence-corrected chi connectivity index (χ3v) is 5.18. The van der Waals surface area contributed by atoms with Crippen molar-refractivity contribution >= 4 is 23.2 Å². The van der Waals surface area contributed by atoms with Crippen LogP contribution >= 0.6 is 0 Å².